The summed E-state index contributed by atoms with van der Waals surface area (Å²) < 4.78 is 2.39. The van der Waals surface area contributed by atoms with Crippen LogP contribution in [-0.4, -0.2) is 19.5 Å². The predicted molar refractivity (Wildman–Crippen MR) is 240 cm³/mol. The van der Waals surface area contributed by atoms with Crippen LogP contribution in [-0.2, 0) is 12.8 Å². The van der Waals surface area contributed by atoms with Gasteiger partial charge >= 0.3 is 0 Å². The predicted octanol–water partition coefficient (Wildman–Crippen LogP) is 13.4. The van der Waals surface area contributed by atoms with Crippen molar-refractivity contribution in [2.75, 3.05) is 0 Å². The van der Waals surface area contributed by atoms with Crippen molar-refractivity contribution in [2.45, 2.75) is 19.8 Å². The van der Waals surface area contributed by atoms with E-state index in [1.807, 2.05) is 60.7 Å². The standard InChI is InChI=1S/C54H40N4/c1-37-34-51-49(47-26-13-14-27-50(47)58(51)45-23-9-4-10-24-45)36-48(37)46-25-12-11-16-40(46)33-30-38-28-31-39(32-29-38)43-21-15-22-44(35-43)54-56-52(41-17-5-2-6-18-41)55-53(57-54)42-19-7-3-8-20-42/h2-29,31-32,34-36H,30,33H2,1H3. The van der Waals surface area contributed by atoms with E-state index >= 15 is 0 Å². The number of aryl methyl sites for hydroxylation is 3. The Labute approximate surface area is 338 Å². The molecule has 0 radical (unpaired) electrons. The smallest absolute Gasteiger partial charge is 0.164 e. The number of aromatic nitrogens is 4. The van der Waals surface area contributed by atoms with E-state index in [9.17, 15) is 0 Å². The molecular weight excluding hydrogens is 705 g/mol. The van der Waals surface area contributed by atoms with Crippen molar-refractivity contribution in [1.82, 2.24) is 19.5 Å². The summed E-state index contributed by atoms with van der Waals surface area (Å²) in [7, 11) is 0. The van der Waals surface area contributed by atoms with Crippen molar-refractivity contribution in [3.8, 4) is 62.1 Å². The molecule has 0 atom stereocenters. The lowest BCUT2D eigenvalue weighted by atomic mass is 9.91. The van der Waals surface area contributed by atoms with Crippen molar-refractivity contribution in [3.05, 3.63) is 217 Å². The van der Waals surface area contributed by atoms with E-state index < -0.39 is 0 Å². The minimum Gasteiger partial charge on any atom is -0.309 e. The lowest BCUT2D eigenvalue weighted by Gasteiger charge is -2.14. The fraction of sp³-hybridized carbons (Fsp3) is 0.0556. The lowest BCUT2D eigenvalue weighted by molar-refractivity contribution is 0.962. The average Bonchev–Trinajstić information content (AvgIpc) is 3.62. The molecule has 0 fully saturated rings. The highest BCUT2D eigenvalue weighted by atomic mass is 15.0. The van der Waals surface area contributed by atoms with E-state index in [-0.39, 0.29) is 0 Å². The van der Waals surface area contributed by atoms with Gasteiger partial charge in [0.25, 0.3) is 0 Å². The van der Waals surface area contributed by atoms with Gasteiger partial charge < -0.3 is 4.57 Å². The second-order valence-electron chi connectivity index (χ2n) is 14.8. The first-order valence-corrected chi connectivity index (χ1v) is 19.9. The lowest BCUT2D eigenvalue weighted by Crippen LogP contribution is -2.00. The Morgan fingerprint density at radius 2 is 0.948 bits per heavy atom. The Hall–Kier alpha value is -7.43. The third kappa shape index (κ3) is 6.75. The highest BCUT2D eigenvalue weighted by Gasteiger charge is 2.17. The maximum absolute atomic E-state index is 4.95. The van der Waals surface area contributed by atoms with Crippen molar-refractivity contribution in [1.29, 1.82) is 0 Å². The van der Waals surface area contributed by atoms with Crippen LogP contribution >= 0.6 is 0 Å². The Kier molecular flexibility index (Phi) is 9.21. The van der Waals surface area contributed by atoms with Crippen molar-refractivity contribution in [3.63, 3.8) is 0 Å². The van der Waals surface area contributed by atoms with Gasteiger partial charge in [0.05, 0.1) is 11.0 Å². The van der Waals surface area contributed by atoms with Crippen molar-refractivity contribution < 1.29 is 0 Å². The maximum atomic E-state index is 4.95. The molecule has 2 aromatic heterocycles. The number of fused-ring (bicyclic) bond motifs is 3. The molecule has 276 valence electrons. The zero-order valence-corrected chi connectivity index (χ0v) is 32.3. The number of rotatable bonds is 9. The van der Waals surface area contributed by atoms with E-state index in [1.54, 1.807) is 0 Å². The van der Waals surface area contributed by atoms with Crippen LogP contribution < -0.4 is 0 Å². The molecule has 4 heteroatoms. The van der Waals surface area contributed by atoms with E-state index in [2.05, 4.69) is 151 Å². The Balaban J connectivity index is 0.923. The van der Waals surface area contributed by atoms with Crippen LogP contribution in [0.2, 0.25) is 0 Å². The summed E-state index contributed by atoms with van der Waals surface area (Å²) in [6.07, 6.45) is 1.89. The SMILES string of the molecule is Cc1cc2c(cc1-c1ccccc1CCc1ccc(-c3cccc(-c4nc(-c5ccccc5)nc(-c5ccccc5)n4)c3)cc1)c1ccccc1n2-c1ccccc1. The van der Waals surface area contributed by atoms with Crippen LogP contribution in [0.1, 0.15) is 16.7 Å². The van der Waals surface area contributed by atoms with Gasteiger partial charge in [-0.25, -0.2) is 15.0 Å². The molecule has 0 bridgehead atoms. The maximum Gasteiger partial charge on any atom is 0.164 e. The van der Waals surface area contributed by atoms with Crippen molar-refractivity contribution >= 4 is 21.8 Å². The van der Waals surface area contributed by atoms with Gasteiger partial charge in [0.15, 0.2) is 17.5 Å². The first-order chi connectivity index (χ1) is 28.7. The normalized spacial score (nSPS) is 11.3. The van der Waals surface area contributed by atoms with E-state index in [4.69, 9.17) is 15.0 Å². The molecule has 0 spiro atoms. The molecule has 0 saturated carbocycles. The van der Waals surface area contributed by atoms with Gasteiger partial charge in [-0.15, -0.1) is 0 Å². The Bertz CT molecular complexity index is 2980. The number of benzene rings is 8. The van der Waals surface area contributed by atoms with Gasteiger partial charge in [-0.2, -0.15) is 0 Å². The van der Waals surface area contributed by atoms with Crippen LogP contribution in [0.3, 0.4) is 0 Å². The molecule has 10 rings (SSSR count). The molecule has 0 aliphatic heterocycles. The summed E-state index contributed by atoms with van der Waals surface area (Å²) in [5.41, 5.74) is 15.3. The zero-order chi connectivity index (χ0) is 38.8. The van der Waals surface area contributed by atoms with Gasteiger partial charge in [-0.1, -0.05) is 164 Å². The molecule has 0 aliphatic carbocycles. The molecule has 0 amide bonds. The highest BCUT2D eigenvalue weighted by Crippen LogP contribution is 2.38. The van der Waals surface area contributed by atoms with E-state index in [0.717, 1.165) is 40.7 Å². The van der Waals surface area contributed by atoms with Gasteiger partial charge in [0.1, 0.15) is 0 Å². The van der Waals surface area contributed by atoms with E-state index in [0.29, 0.717) is 17.5 Å². The second-order valence-corrected chi connectivity index (χ2v) is 14.8. The van der Waals surface area contributed by atoms with Gasteiger partial charge in [-0.05, 0) is 95.1 Å². The molecule has 0 unspecified atom stereocenters. The number of para-hydroxylation sites is 2. The summed E-state index contributed by atoms with van der Waals surface area (Å²) in [5.74, 6) is 1.97. The van der Waals surface area contributed by atoms with E-state index in [1.165, 1.54) is 55.3 Å². The summed E-state index contributed by atoms with van der Waals surface area (Å²) in [5, 5.41) is 2.55. The molecule has 8 aromatic carbocycles. The molecule has 10 aromatic rings. The Morgan fingerprint density at radius 3 is 1.66 bits per heavy atom. The van der Waals surface area contributed by atoms with Crippen molar-refractivity contribution in [2.24, 2.45) is 0 Å². The zero-order valence-electron chi connectivity index (χ0n) is 32.3. The molecule has 0 saturated heterocycles. The minimum atomic E-state index is 0.654. The first-order valence-electron chi connectivity index (χ1n) is 19.9. The highest BCUT2D eigenvalue weighted by molar-refractivity contribution is 6.11. The van der Waals surface area contributed by atoms with Gasteiger partial charge in [-0.3, -0.25) is 0 Å². The minimum absolute atomic E-state index is 0.654. The molecule has 58 heavy (non-hydrogen) atoms. The monoisotopic (exact) mass is 744 g/mol. The molecule has 4 nitrogen and oxygen atoms in total. The molecule has 0 N–H and O–H groups in total. The van der Waals surface area contributed by atoms with Crippen LogP contribution in [0.25, 0.3) is 83.9 Å². The number of nitrogens with zero attached hydrogens (tertiary/aromatic N) is 4. The Morgan fingerprint density at radius 1 is 0.379 bits per heavy atom. The second kappa shape index (κ2) is 15.2. The summed E-state index contributed by atoms with van der Waals surface area (Å²) >= 11 is 0. The van der Waals surface area contributed by atoms with Crippen LogP contribution in [0.15, 0.2) is 200 Å². The van der Waals surface area contributed by atoms with Crippen LogP contribution in [0.5, 0.6) is 0 Å². The summed E-state index contributed by atoms with van der Waals surface area (Å²) in [6.45, 7) is 2.25. The number of hydrogen-bond donors (Lipinski definition) is 0. The van der Waals surface area contributed by atoms with Gasteiger partial charge in [0.2, 0.25) is 0 Å². The fourth-order valence-electron chi connectivity index (χ4n) is 8.18. The molecular formula is C54H40N4. The molecule has 0 aliphatic rings. The largest absolute Gasteiger partial charge is 0.309 e. The third-order valence-corrected chi connectivity index (χ3v) is 11.1. The summed E-state index contributed by atoms with van der Waals surface area (Å²) in [6, 6.07) is 70.8. The topological polar surface area (TPSA) is 43.6 Å². The quantitative estimate of drug-likeness (QED) is 0.148. The number of hydrogen-bond acceptors (Lipinski definition) is 3. The first kappa shape index (κ1) is 35.0. The van der Waals surface area contributed by atoms with Crippen LogP contribution in [0, 0.1) is 6.92 Å². The fourth-order valence-corrected chi connectivity index (χ4v) is 8.18. The molecule has 2 heterocycles. The van der Waals surface area contributed by atoms with Gasteiger partial charge in [0, 0.05) is 33.2 Å². The summed E-state index contributed by atoms with van der Waals surface area (Å²) in [4.78, 5) is 14.8. The average molecular weight is 745 g/mol. The van der Waals surface area contributed by atoms with Crippen LogP contribution in [0.4, 0.5) is 0 Å². The third-order valence-electron chi connectivity index (χ3n) is 11.1.